The summed E-state index contributed by atoms with van der Waals surface area (Å²) < 4.78 is 5.30. The number of amides is 2. The van der Waals surface area contributed by atoms with Crippen molar-refractivity contribution in [2.24, 2.45) is 5.92 Å². The predicted octanol–water partition coefficient (Wildman–Crippen LogP) is 4.13. The van der Waals surface area contributed by atoms with Crippen LogP contribution < -0.4 is 0 Å². The van der Waals surface area contributed by atoms with Crippen LogP contribution in [0.15, 0.2) is 30.3 Å². The second kappa shape index (κ2) is 8.76. The third-order valence-electron chi connectivity index (χ3n) is 6.16. The zero-order valence-corrected chi connectivity index (χ0v) is 18.7. The van der Waals surface area contributed by atoms with Gasteiger partial charge in [0.05, 0.1) is 18.2 Å². The van der Waals surface area contributed by atoms with E-state index < -0.39 is 0 Å². The lowest BCUT2D eigenvalue weighted by atomic mass is 9.97. The number of likely N-dealkylation sites (tertiary alicyclic amines) is 1. The third-order valence-corrected chi connectivity index (χ3v) is 7.22. The van der Waals surface area contributed by atoms with E-state index in [0.717, 1.165) is 34.0 Å². The molecule has 2 fully saturated rings. The van der Waals surface area contributed by atoms with Gasteiger partial charge in [0.1, 0.15) is 11.6 Å². The number of cyclic esters (lactones) is 1. The van der Waals surface area contributed by atoms with Gasteiger partial charge >= 0.3 is 6.09 Å². The van der Waals surface area contributed by atoms with Gasteiger partial charge in [0, 0.05) is 29.6 Å². The average molecular weight is 428 g/mol. The lowest BCUT2D eigenvalue weighted by molar-refractivity contribution is -0.132. The fourth-order valence-corrected chi connectivity index (χ4v) is 5.26. The molecule has 3 heterocycles. The van der Waals surface area contributed by atoms with Crippen molar-refractivity contribution in [1.29, 1.82) is 0 Å². The van der Waals surface area contributed by atoms with E-state index in [0.29, 0.717) is 32.0 Å². The van der Waals surface area contributed by atoms with E-state index in [2.05, 4.69) is 13.8 Å². The fourth-order valence-electron chi connectivity index (χ4n) is 4.33. The number of aryl methyl sites for hydroxylation is 1. The van der Waals surface area contributed by atoms with Crippen molar-refractivity contribution in [1.82, 2.24) is 14.8 Å². The number of nitrogens with zero attached hydrogens (tertiary/aromatic N) is 3. The second-order valence-electron chi connectivity index (χ2n) is 8.47. The highest BCUT2D eigenvalue weighted by molar-refractivity contribution is 7.15. The number of hydrogen-bond donors (Lipinski definition) is 0. The lowest BCUT2D eigenvalue weighted by Gasteiger charge is -2.38. The van der Waals surface area contributed by atoms with Gasteiger partial charge in [-0.2, -0.15) is 0 Å². The molecule has 0 N–H and O–H groups in total. The number of benzene rings is 1. The summed E-state index contributed by atoms with van der Waals surface area (Å²) in [4.78, 5) is 34.8. The van der Waals surface area contributed by atoms with E-state index in [9.17, 15) is 9.59 Å². The van der Waals surface area contributed by atoms with Crippen molar-refractivity contribution < 1.29 is 14.3 Å². The van der Waals surface area contributed by atoms with Crippen LogP contribution in [0.5, 0.6) is 0 Å². The minimum Gasteiger partial charge on any atom is -0.447 e. The van der Waals surface area contributed by atoms with Crippen LogP contribution in [0.4, 0.5) is 4.79 Å². The van der Waals surface area contributed by atoms with E-state index in [1.54, 1.807) is 11.3 Å². The maximum Gasteiger partial charge on any atom is 0.410 e. The van der Waals surface area contributed by atoms with Crippen LogP contribution in [0.2, 0.25) is 0 Å². The van der Waals surface area contributed by atoms with Crippen molar-refractivity contribution in [3.8, 4) is 10.6 Å². The Morgan fingerprint density at radius 1 is 1.23 bits per heavy atom. The van der Waals surface area contributed by atoms with Gasteiger partial charge in [-0.25, -0.2) is 9.78 Å². The van der Waals surface area contributed by atoms with Gasteiger partial charge in [-0.3, -0.25) is 9.69 Å². The molecule has 4 rings (SSSR count). The highest BCUT2D eigenvalue weighted by Crippen LogP contribution is 2.29. The number of piperidine rings is 1. The van der Waals surface area contributed by atoms with Crippen molar-refractivity contribution in [2.75, 3.05) is 19.7 Å². The maximum absolute atomic E-state index is 12.9. The zero-order chi connectivity index (χ0) is 21.3. The molecule has 30 heavy (non-hydrogen) atoms. The summed E-state index contributed by atoms with van der Waals surface area (Å²) in [5.74, 6) is 0.480. The molecule has 1 atom stereocenters. The van der Waals surface area contributed by atoms with E-state index in [1.165, 1.54) is 0 Å². The molecule has 160 valence electrons. The van der Waals surface area contributed by atoms with Crippen LogP contribution in [-0.2, 0) is 16.0 Å². The molecule has 6 nitrogen and oxygen atoms in total. The van der Waals surface area contributed by atoms with Crippen LogP contribution >= 0.6 is 11.3 Å². The molecule has 0 saturated carbocycles. The van der Waals surface area contributed by atoms with Gasteiger partial charge in [-0.05, 0) is 25.7 Å². The molecular formula is C23H29N3O3S. The Balaban J connectivity index is 1.36. The average Bonchev–Trinajstić information content (AvgIpc) is 3.31. The maximum atomic E-state index is 12.9. The van der Waals surface area contributed by atoms with Gasteiger partial charge in [-0.15, -0.1) is 11.3 Å². The van der Waals surface area contributed by atoms with Gasteiger partial charge in [-0.1, -0.05) is 44.2 Å². The normalized spacial score (nSPS) is 20.1. The molecular weight excluding hydrogens is 398 g/mol. The third kappa shape index (κ3) is 4.21. The summed E-state index contributed by atoms with van der Waals surface area (Å²) in [5, 5.41) is 0.960. The molecule has 2 saturated heterocycles. The van der Waals surface area contributed by atoms with Crippen LogP contribution in [0.3, 0.4) is 0 Å². The highest BCUT2D eigenvalue weighted by atomic mass is 32.1. The molecule has 1 unspecified atom stereocenters. The summed E-state index contributed by atoms with van der Waals surface area (Å²) in [5.41, 5.74) is 1.95. The Kier molecular flexibility index (Phi) is 6.09. The van der Waals surface area contributed by atoms with Gasteiger partial charge < -0.3 is 9.64 Å². The summed E-state index contributed by atoms with van der Waals surface area (Å²) in [6.45, 7) is 8.10. The summed E-state index contributed by atoms with van der Waals surface area (Å²) in [6, 6.07) is 10.4. The van der Waals surface area contributed by atoms with E-state index >= 15 is 0 Å². The summed E-state index contributed by atoms with van der Waals surface area (Å²) >= 11 is 1.64. The summed E-state index contributed by atoms with van der Waals surface area (Å²) in [6.07, 6.45) is 1.73. The number of thiazole rings is 1. The molecule has 2 aliphatic heterocycles. The zero-order valence-electron chi connectivity index (χ0n) is 17.8. The minimum absolute atomic E-state index is 0.117. The van der Waals surface area contributed by atoms with Crippen LogP contribution in [-0.4, -0.2) is 58.6 Å². The van der Waals surface area contributed by atoms with Crippen molar-refractivity contribution in [3.63, 3.8) is 0 Å². The van der Waals surface area contributed by atoms with Crippen molar-refractivity contribution in [3.05, 3.63) is 40.9 Å². The van der Waals surface area contributed by atoms with Gasteiger partial charge in [0.15, 0.2) is 0 Å². The summed E-state index contributed by atoms with van der Waals surface area (Å²) in [7, 11) is 0. The molecule has 2 amide bonds. The topological polar surface area (TPSA) is 62.7 Å². The molecule has 1 aromatic carbocycles. The Morgan fingerprint density at radius 3 is 2.60 bits per heavy atom. The first kappa shape index (κ1) is 20.8. The number of carbonyl (C=O) groups excluding carboxylic acids is 2. The van der Waals surface area contributed by atoms with Crippen molar-refractivity contribution >= 4 is 23.3 Å². The lowest BCUT2D eigenvalue weighted by Crippen LogP contribution is -2.51. The van der Waals surface area contributed by atoms with E-state index in [4.69, 9.17) is 9.72 Å². The molecule has 0 aliphatic carbocycles. The number of carbonyl (C=O) groups is 2. The van der Waals surface area contributed by atoms with E-state index in [1.807, 2.05) is 47.1 Å². The molecule has 2 aliphatic rings. The first-order valence-electron chi connectivity index (χ1n) is 10.7. The molecule has 0 bridgehead atoms. The smallest absolute Gasteiger partial charge is 0.410 e. The Bertz CT molecular complexity index is 904. The Labute approximate surface area is 181 Å². The highest BCUT2D eigenvalue weighted by Gasteiger charge is 2.41. The number of aromatic nitrogens is 1. The van der Waals surface area contributed by atoms with Crippen molar-refractivity contribution in [2.45, 2.75) is 52.1 Å². The fraction of sp³-hybridized carbons (Fsp3) is 0.522. The van der Waals surface area contributed by atoms with Crippen LogP contribution in [0.1, 0.15) is 37.3 Å². The van der Waals surface area contributed by atoms with Crippen LogP contribution in [0, 0.1) is 12.8 Å². The number of ether oxygens (including phenoxy) is 1. The van der Waals surface area contributed by atoms with E-state index in [-0.39, 0.29) is 24.1 Å². The Hall–Kier alpha value is -2.41. The SMILES string of the molecule is Cc1sc(-c2ccccc2)nc1CC(=O)N1CCC(N2C(=O)OCC2C(C)C)CC1. The first-order chi connectivity index (χ1) is 14.4. The van der Waals surface area contributed by atoms with Gasteiger partial charge in [0.2, 0.25) is 5.91 Å². The Morgan fingerprint density at radius 2 is 1.93 bits per heavy atom. The number of hydrogen-bond acceptors (Lipinski definition) is 5. The quantitative estimate of drug-likeness (QED) is 0.720. The molecule has 7 heteroatoms. The molecule has 2 aromatic rings. The number of rotatable bonds is 5. The van der Waals surface area contributed by atoms with Crippen LogP contribution in [0.25, 0.3) is 10.6 Å². The second-order valence-corrected chi connectivity index (χ2v) is 9.68. The molecule has 0 radical (unpaired) electrons. The van der Waals surface area contributed by atoms with Gasteiger partial charge in [0.25, 0.3) is 0 Å². The largest absolute Gasteiger partial charge is 0.447 e. The monoisotopic (exact) mass is 427 g/mol. The molecule has 0 spiro atoms. The standard InChI is InChI=1S/C23H29N3O3S/c1-15(2)20-14-29-23(28)26(20)18-9-11-25(12-10-18)21(27)13-19-16(3)30-22(24-19)17-7-5-4-6-8-17/h4-8,15,18,20H,9-14H2,1-3H3. The minimum atomic E-state index is -0.204. The predicted molar refractivity (Wildman–Crippen MR) is 117 cm³/mol. The first-order valence-corrected chi connectivity index (χ1v) is 11.5. The molecule has 1 aromatic heterocycles.